The van der Waals surface area contributed by atoms with Crippen molar-refractivity contribution >= 4 is 17.7 Å². The first-order valence-electron chi connectivity index (χ1n) is 11.9. The molecule has 0 radical (unpaired) electrons. The molecule has 1 saturated heterocycles. The van der Waals surface area contributed by atoms with E-state index in [0.29, 0.717) is 6.04 Å². The lowest BCUT2D eigenvalue weighted by molar-refractivity contribution is -0.135. The molecule has 1 fully saturated rings. The number of ether oxygens (including phenoxy) is 2. The van der Waals surface area contributed by atoms with E-state index in [9.17, 15) is 9.59 Å². The van der Waals surface area contributed by atoms with E-state index in [1.807, 2.05) is 12.3 Å². The van der Waals surface area contributed by atoms with Gasteiger partial charge in [0.15, 0.2) is 5.60 Å². The number of piperidine rings is 1. The number of nitrogens with one attached hydrogen (secondary N) is 2. The van der Waals surface area contributed by atoms with Gasteiger partial charge >= 0.3 is 6.09 Å². The molecule has 190 valence electrons. The van der Waals surface area contributed by atoms with Gasteiger partial charge < -0.3 is 14.8 Å². The Labute approximate surface area is 206 Å². The smallest absolute Gasteiger partial charge is 0.412 e. The Hall–Kier alpha value is -3.27. The quantitative estimate of drug-likeness (QED) is 0.613. The molecule has 10 heteroatoms. The number of hydrogen-bond donors (Lipinski definition) is 2. The molecule has 10 nitrogen and oxygen atoms in total. The highest BCUT2D eigenvalue weighted by atomic mass is 16.6. The van der Waals surface area contributed by atoms with Crippen molar-refractivity contribution in [1.82, 2.24) is 25.2 Å². The van der Waals surface area contributed by atoms with E-state index < -0.39 is 17.3 Å². The molecule has 1 aliphatic rings. The van der Waals surface area contributed by atoms with Gasteiger partial charge in [0, 0.05) is 37.6 Å². The lowest BCUT2D eigenvalue weighted by Gasteiger charge is -2.39. The van der Waals surface area contributed by atoms with Crippen molar-refractivity contribution in [3.8, 4) is 5.88 Å². The number of amides is 2. The Bertz CT molecular complexity index is 1010. The van der Waals surface area contributed by atoms with Crippen LogP contribution in [0.15, 0.2) is 37.1 Å². The zero-order valence-corrected chi connectivity index (χ0v) is 21.4. The normalized spacial score (nSPS) is 19.0. The number of hydrogen-bond acceptors (Lipinski definition) is 8. The average molecular weight is 485 g/mol. The summed E-state index contributed by atoms with van der Waals surface area (Å²) >= 11 is 0. The number of likely N-dealkylation sites (tertiary alicyclic amines) is 1. The van der Waals surface area contributed by atoms with Crippen molar-refractivity contribution in [2.24, 2.45) is 0 Å². The van der Waals surface area contributed by atoms with E-state index in [1.165, 1.54) is 18.1 Å². The van der Waals surface area contributed by atoms with Gasteiger partial charge in [0.1, 0.15) is 17.6 Å². The van der Waals surface area contributed by atoms with Crippen LogP contribution in [-0.4, -0.2) is 61.7 Å². The second-order valence-electron chi connectivity index (χ2n) is 10.4. The third-order valence-corrected chi connectivity index (χ3v) is 5.67. The Morgan fingerprint density at radius 1 is 1.17 bits per heavy atom. The molecule has 0 spiro atoms. The highest BCUT2D eigenvalue weighted by molar-refractivity contribution is 5.87. The number of carbonyl (C=O) groups excluding carboxylic acids is 2. The molecule has 35 heavy (non-hydrogen) atoms. The maximum Gasteiger partial charge on any atom is 0.412 e. The van der Waals surface area contributed by atoms with Crippen molar-refractivity contribution in [3.63, 3.8) is 0 Å². The minimum Gasteiger partial charge on any atom is -0.460 e. The number of rotatable bonds is 7. The molecule has 0 aromatic carbocycles. The third-order valence-electron chi connectivity index (χ3n) is 5.67. The summed E-state index contributed by atoms with van der Waals surface area (Å²) in [5, 5.41) is 5.71. The fourth-order valence-corrected chi connectivity index (χ4v) is 3.86. The summed E-state index contributed by atoms with van der Waals surface area (Å²) in [7, 11) is 0. The Balaban J connectivity index is 1.57. The van der Waals surface area contributed by atoms with Crippen LogP contribution in [0.3, 0.4) is 0 Å². The minimum atomic E-state index is -1.23. The topological polar surface area (TPSA) is 119 Å². The third kappa shape index (κ3) is 7.88. The Kier molecular flexibility index (Phi) is 8.26. The SMILES string of the molecule is CC1CC(NC(=O)C(C)(C)Oc2ncncc2NC(=O)OC(C)(C)C)CCN1Cc1cccnc1. The van der Waals surface area contributed by atoms with Gasteiger partial charge in [-0.3, -0.25) is 20.0 Å². The number of aromatic nitrogens is 3. The van der Waals surface area contributed by atoms with Gasteiger partial charge in [-0.25, -0.2) is 9.78 Å². The summed E-state index contributed by atoms with van der Waals surface area (Å²) in [6.45, 7) is 12.5. The monoisotopic (exact) mass is 484 g/mol. The molecule has 2 atom stereocenters. The summed E-state index contributed by atoms with van der Waals surface area (Å²) in [6.07, 6.45) is 7.37. The standard InChI is InChI=1S/C25H36N6O4/c1-17-12-19(9-11-31(17)15-18-8-7-10-26-13-18)29-22(32)25(5,6)34-21-20(14-27-16-28-21)30-23(33)35-24(2,3)4/h7-8,10,13-14,16-17,19H,9,11-12,15H2,1-6H3,(H,29,32)(H,30,33). The largest absolute Gasteiger partial charge is 0.460 e. The molecule has 2 unspecified atom stereocenters. The van der Waals surface area contributed by atoms with Crippen molar-refractivity contribution in [2.75, 3.05) is 11.9 Å². The lowest BCUT2D eigenvalue weighted by atomic mass is 9.96. The summed E-state index contributed by atoms with van der Waals surface area (Å²) in [4.78, 5) is 39.9. The maximum atomic E-state index is 13.1. The van der Waals surface area contributed by atoms with Gasteiger partial charge in [-0.15, -0.1) is 0 Å². The molecular formula is C25H36N6O4. The molecule has 3 heterocycles. The first-order valence-corrected chi connectivity index (χ1v) is 11.9. The minimum absolute atomic E-state index is 0.0373. The summed E-state index contributed by atoms with van der Waals surface area (Å²) in [5.74, 6) is -0.164. The first kappa shape index (κ1) is 26.3. The highest BCUT2D eigenvalue weighted by Crippen LogP contribution is 2.26. The number of anilines is 1. The van der Waals surface area contributed by atoms with Gasteiger partial charge in [-0.2, -0.15) is 4.98 Å². The molecule has 1 aliphatic heterocycles. The second kappa shape index (κ2) is 11.0. The van der Waals surface area contributed by atoms with Crippen LogP contribution in [0.25, 0.3) is 0 Å². The zero-order chi connectivity index (χ0) is 25.6. The molecule has 3 rings (SSSR count). The molecule has 0 saturated carbocycles. The predicted molar refractivity (Wildman–Crippen MR) is 132 cm³/mol. The summed E-state index contributed by atoms with van der Waals surface area (Å²) in [6, 6.07) is 4.37. The van der Waals surface area contributed by atoms with Gasteiger partial charge in [0.2, 0.25) is 5.88 Å². The van der Waals surface area contributed by atoms with E-state index in [1.54, 1.807) is 40.8 Å². The van der Waals surface area contributed by atoms with Crippen LogP contribution in [-0.2, 0) is 16.1 Å². The number of nitrogens with zero attached hydrogens (tertiary/aromatic N) is 4. The van der Waals surface area contributed by atoms with E-state index >= 15 is 0 Å². The van der Waals surface area contributed by atoms with Crippen molar-refractivity contribution < 1.29 is 19.1 Å². The van der Waals surface area contributed by atoms with E-state index in [4.69, 9.17) is 9.47 Å². The van der Waals surface area contributed by atoms with Crippen LogP contribution in [0.4, 0.5) is 10.5 Å². The van der Waals surface area contributed by atoms with Gasteiger partial charge in [0.25, 0.3) is 5.91 Å². The lowest BCUT2D eigenvalue weighted by Crippen LogP contribution is -2.54. The second-order valence-corrected chi connectivity index (χ2v) is 10.4. The molecule has 2 amide bonds. The van der Waals surface area contributed by atoms with E-state index in [-0.39, 0.29) is 23.5 Å². The molecule has 0 aliphatic carbocycles. The maximum absolute atomic E-state index is 13.1. The fourth-order valence-electron chi connectivity index (χ4n) is 3.86. The predicted octanol–water partition coefficient (Wildman–Crippen LogP) is 3.55. The summed E-state index contributed by atoms with van der Waals surface area (Å²) < 4.78 is 11.2. The van der Waals surface area contributed by atoms with Crippen LogP contribution >= 0.6 is 0 Å². The Morgan fingerprint density at radius 2 is 1.94 bits per heavy atom. The van der Waals surface area contributed by atoms with Crippen LogP contribution in [0, 0.1) is 0 Å². The van der Waals surface area contributed by atoms with Crippen molar-refractivity contribution in [1.29, 1.82) is 0 Å². The molecule has 0 bridgehead atoms. The van der Waals surface area contributed by atoms with Gasteiger partial charge in [-0.05, 0) is 66.0 Å². The van der Waals surface area contributed by atoms with Crippen LogP contribution in [0.5, 0.6) is 5.88 Å². The molecular weight excluding hydrogens is 448 g/mol. The van der Waals surface area contributed by atoms with Gasteiger partial charge in [-0.1, -0.05) is 6.07 Å². The fraction of sp³-hybridized carbons (Fsp3) is 0.560. The highest BCUT2D eigenvalue weighted by Gasteiger charge is 2.35. The molecule has 2 N–H and O–H groups in total. The zero-order valence-electron chi connectivity index (χ0n) is 21.4. The van der Waals surface area contributed by atoms with E-state index in [0.717, 1.165) is 25.9 Å². The van der Waals surface area contributed by atoms with Crippen LogP contribution < -0.4 is 15.4 Å². The summed E-state index contributed by atoms with van der Waals surface area (Å²) in [5.41, 5.74) is -0.490. The number of carbonyl (C=O) groups is 2. The number of pyridine rings is 1. The van der Waals surface area contributed by atoms with Crippen LogP contribution in [0.1, 0.15) is 59.9 Å². The van der Waals surface area contributed by atoms with Crippen LogP contribution in [0.2, 0.25) is 0 Å². The van der Waals surface area contributed by atoms with E-state index in [2.05, 4.69) is 43.5 Å². The van der Waals surface area contributed by atoms with Crippen molar-refractivity contribution in [3.05, 3.63) is 42.6 Å². The molecule has 2 aromatic rings. The average Bonchev–Trinajstić information content (AvgIpc) is 2.76. The molecule has 2 aromatic heterocycles. The van der Waals surface area contributed by atoms with Gasteiger partial charge in [0.05, 0.1) is 6.20 Å². The van der Waals surface area contributed by atoms with Crippen molar-refractivity contribution in [2.45, 2.75) is 84.2 Å². The first-order chi connectivity index (χ1) is 16.4. The Morgan fingerprint density at radius 3 is 2.60 bits per heavy atom.